The summed E-state index contributed by atoms with van der Waals surface area (Å²) in [6.07, 6.45) is 1.35. The first-order valence-electron chi connectivity index (χ1n) is 8.86. The first-order valence-corrected chi connectivity index (χ1v) is 8.86. The fourth-order valence-electron chi connectivity index (χ4n) is 3.28. The number of hydrogen-bond acceptors (Lipinski definition) is 3. The van der Waals surface area contributed by atoms with Gasteiger partial charge in [0.2, 0.25) is 0 Å². The second kappa shape index (κ2) is 7.94. The zero-order valence-corrected chi connectivity index (χ0v) is 14.6. The van der Waals surface area contributed by atoms with Gasteiger partial charge in [0.05, 0.1) is 17.6 Å². The Balaban J connectivity index is 1.58. The lowest BCUT2D eigenvalue weighted by atomic mass is 10.0. The van der Waals surface area contributed by atoms with Gasteiger partial charge in [-0.25, -0.2) is 4.98 Å². The number of nitrogens with one attached hydrogen (secondary N) is 1. The molecule has 1 N–H and O–H groups in total. The van der Waals surface area contributed by atoms with Crippen LogP contribution in [0.3, 0.4) is 0 Å². The molecule has 0 radical (unpaired) electrons. The number of alkyl halides is 3. The summed E-state index contributed by atoms with van der Waals surface area (Å²) in [6, 6.07) is 5.75. The van der Waals surface area contributed by atoms with Crippen LogP contribution in [0.15, 0.2) is 41.5 Å². The minimum Gasteiger partial charge on any atom is -0.350 e. The molecule has 1 fully saturated rings. The highest BCUT2D eigenvalue weighted by atomic mass is 19.4. The molecule has 0 unspecified atom stereocenters. The quantitative estimate of drug-likeness (QED) is 0.867. The fraction of sp³-hybridized carbons (Fsp3) is 0.421. The van der Waals surface area contributed by atoms with Crippen molar-refractivity contribution in [1.82, 2.24) is 14.9 Å². The van der Waals surface area contributed by atoms with Gasteiger partial charge in [-0.2, -0.15) is 13.2 Å². The van der Waals surface area contributed by atoms with Gasteiger partial charge in [0.15, 0.2) is 0 Å². The summed E-state index contributed by atoms with van der Waals surface area (Å²) in [5.74, 6) is -0.280. The van der Waals surface area contributed by atoms with Crippen LogP contribution in [0.2, 0.25) is 0 Å². The summed E-state index contributed by atoms with van der Waals surface area (Å²) in [7, 11) is 0. The van der Waals surface area contributed by atoms with E-state index in [1.54, 1.807) is 0 Å². The lowest BCUT2D eigenvalue weighted by Crippen LogP contribution is -2.31. The number of nitrogens with zero attached hydrogens (tertiary/aromatic N) is 2. The molecule has 1 aromatic carbocycles. The maximum Gasteiger partial charge on any atom is 0.416 e. The monoisotopic (exact) mass is 379 g/mol. The highest BCUT2D eigenvalue weighted by molar-refractivity contribution is 5.94. The van der Waals surface area contributed by atoms with E-state index >= 15 is 0 Å². The number of carbonyl (C=O) groups excluding carboxylic acids is 1. The first kappa shape index (κ1) is 19.1. The number of aromatic nitrogens is 2. The fourth-order valence-corrected chi connectivity index (χ4v) is 3.28. The van der Waals surface area contributed by atoms with Crippen LogP contribution >= 0.6 is 0 Å². The maximum atomic E-state index is 12.7. The van der Waals surface area contributed by atoms with E-state index < -0.39 is 17.6 Å². The molecule has 0 spiro atoms. The molecule has 144 valence electrons. The Morgan fingerprint density at radius 1 is 1.22 bits per heavy atom. The van der Waals surface area contributed by atoms with Crippen LogP contribution in [0.1, 0.15) is 53.2 Å². The molecule has 1 aromatic heterocycles. The van der Waals surface area contributed by atoms with Crippen molar-refractivity contribution >= 4 is 5.91 Å². The number of benzene rings is 1. The molecule has 0 aliphatic heterocycles. The van der Waals surface area contributed by atoms with Crippen LogP contribution in [0.25, 0.3) is 0 Å². The minimum atomic E-state index is -4.50. The molecule has 0 atom stereocenters. The summed E-state index contributed by atoms with van der Waals surface area (Å²) < 4.78 is 39.5. The normalized spacial score (nSPS) is 15.1. The van der Waals surface area contributed by atoms with Gasteiger partial charge in [-0.1, -0.05) is 18.9 Å². The van der Waals surface area contributed by atoms with E-state index in [1.165, 1.54) is 29.1 Å². The Kier molecular flexibility index (Phi) is 5.62. The molecule has 1 aliphatic rings. The SMILES string of the molecule is O=C(NCCn1cnc(C2CCCC2)cc1=O)c1cccc(C(F)(F)F)c1. The van der Waals surface area contributed by atoms with Crippen molar-refractivity contribution in [3.05, 3.63) is 63.8 Å². The standard InChI is InChI=1S/C19H20F3N3O2/c20-19(21,22)15-7-3-6-14(10-15)18(27)23-8-9-25-12-24-16(11-17(25)26)13-4-1-2-5-13/h3,6-7,10-13H,1-2,4-5,8-9H2,(H,23,27). The lowest BCUT2D eigenvalue weighted by molar-refractivity contribution is -0.137. The van der Waals surface area contributed by atoms with E-state index in [2.05, 4.69) is 10.3 Å². The van der Waals surface area contributed by atoms with Crippen LogP contribution in [-0.2, 0) is 12.7 Å². The second-order valence-corrected chi connectivity index (χ2v) is 6.66. The Morgan fingerprint density at radius 3 is 2.63 bits per heavy atom. The molecule has 0 saturated heterocycles. The number of halogens is 3. The van der Waals surface area contributed by atoms with Crippen LogP contribution in [-0.4, -0.2) is 22.0 Å². The molecule has 2 aromatic rings. The third-order valence-corrected chi connectivity index (χ3v) is 4.76. The van der Waals surface area contributed by atoms with Crippen molar-refractivity contribution in [3.8, 4) is 0 Å². The van der Waals surface area contributed by atoms with Gasteiger partial charge in [-0.05, 0) is 31.0 Å². The minimum absolute atomic E-state index is 0.0770. The predicted molar refractivity (Wildman–Crippen MR) is 93.5 cm³/mol. The molecular formula is C19H20F3N3O2. The maximum absolute atomic E-state index is 12.7. The Morgan fingerprint density at radius 2 is 1.96 bits per heavy atom. The third-order valence-electron chi connectivity index (χ3n) is 4.76. The molecule has 1 amide bonds. The van der Waals surface area contributed by atoms with Crippen LogP contribution in [0.4, 0.5) is 13.2 Å². The van der Waals surface area contributed by atoms with Crippen molar-refractivity contribution in [2.45, 2.75) is 44.3 Å². The molecule has 1 saturated carbocycles. The van der Waals surface area contributed by atoms with Crippen LogP contribution < -0.4 is 10.9 Å². The van der Waals surface area contributed by atoms with Crippen molar-refractivity contribution in [2.75, 3.05) is 6.54 Å². The zero-order chi connectivity index (χ0) is 19.4. The van der Waals surface area contributed by atoms with Gasteiger partial charge < -0.3 is 5.32 Å². The number of amides is 1. The zero-order valence-electron chi connectivity index (χ0n) is 14.6. The van der Waals surface area contributed by atoms with Crippen molar-refractivity contribution < 1.29 is 18.0 Å². The van der Waals surface area contributed by atoms with Crippen molar-refractivity contribution in [3.63, 3.8) is 0 Å². The van der Waals surface area contributed by atoms with E-state index in [9.17, 15) is 22.8 Å². The van der Waals surface area contributed by atoms with Crippen LogP contribution in [0, 0.1) is 0 Å². The molecule has 1 aliphatic carbocycles. The molecule has 0 bridgehead atoms. The van der Waals surface area contributed by atoms with Gasteiger partial charge in [-0.15, -0.1) is 0 Å². The van der Waals surface area contributed by atoms with E-state index in [0.29, 0.717) is 5.92 Å². The van der Waals surface area contributed by atoms with E-state index in [4.69, 9.17) is 0 Å². The molecular weight excluding hydrogens is 359 g/mol. The Labute approximate surface area is 154 Å². The topological polar surface area (TPSA) is 64.0 Å². The van der Waals surface area contributed by atoms with Gasteiger partial charge in [-0.3, -0.25) is 14.2 Å². The second-order valence-electron chi connectivity index (χ2n) is 6.66. The summed E-state index contributed by atoms with van der Waals surface area (Å²) >= 11 is 0. The van der Waals surface area contributed by atoms with Crippen LogP contribution in [0.5, 0.6) is 0 Å². The van der Waals surface area contributed by atoms with Crippen molar-refractivity contribution in [1.29, 1.82) is 0 Å². The van der Waals surface area contributed by atoms with Gasteiger partial charge in [0.1, 0.15) is 0 Å². The van der Waals surface area contributed by atoms with E-state index in [-0.39, 0.29) is 24.2 Å². The van der Waals surface area contributed by atoms with Crippen molar-refractivity contribution in [2.24, 2.45) is 0 Å². The summed E-state index contributed by atoms with van der Waals surface area (Å²) in [4.78, 5) is 28.6. The predicted octanol–water partition coefficient (Wildman–Crippen LogP) is 3.35. The molecule has 1 heterocycles. The average molecular weight is 379 g/mol. The molecule has 8 heteroatoms. The summed E-state index contributed by atoms with van der Waals surface area (Å²) in [5.41, 5.74) is -0.341. The Hall–Kier alpha value is -2.64. The summed E-state index contributed by atoms with van der Waals surface area (Å²) in [5, 5.41) is 2.53. The molecule has 27 heavy (non-hydrogen) atoms. The average Bonchev–Trinajstić information content (AvgIpc) is 3.17. The summed E-state index contributed by atoms with van der Waals surface area (Å²) in [6.45, 7) is 0.306. The largest absolute Gasteiger partial charge is 0.416 e. The third kappa shape index (κ3) is 4.75. The molecule has 5 nitrogen and oxygen atoms in total. The number of rotatable bonds is 5. The smallest absolute Gasteiger partial charge is 0.350 e. The van der Waals surface area contributed by atoms with Gasteiger partial charge in [0.25, 0.3) is 11.5 Å². The van der Waals surface area contributed by atoms with E-state index in [1.807, 2.05) is 0 Å². The first-order chi connectivity index (χ1) is 12.8. The van der Waals surface area contributed by atoms with Gasteiger partial charge in [0, 0.05) is 30.6 Å². The van der Waals surface area contributed by atoms with E-state index in [0.717, 1.165) is 43.5 Å². The van der Waals surface area contributed by atoms with Gasteiger partial charge >= 0.3 is 6.18 Å². The molecule has 3 rings (SSSR count). The highest BCUT2D eigenvalue weighted by Crippen LogP contribution is 2.32. The number of hydrogen-bond donors (Lipinski definition) is 1. The lowest BCUT2D eigenvalue weighted by Gasteiger charge is -2.11. The number of carbonyl (C=O) groups is 1. The Bertz CT molecular complexity index is 871. The highest BCUT2D eigenvalue weighted by Gasteiger charge is 2.30.